The van der Waals surface area contributed by atoms with Crippen LogP contribution >= 0.6 is 11.6 Å². The van der Waals surface area contributed by atoms with Gasteiger partial charge in [0.1, 0.15) is 12.4 Å². The van der Waals surface area contributed by atoms with Crippen molar-refractivity contribution in [3.05, 3.63) is 64.7 Å². The van der Waals surface area contributed by atoms with Crippen molar-refractivity contribution in [3.8, 4) is 5.75 Å². The molecule has 0 unspecified atom stereocenters. The van der Waals surface area contributed by atoms with E-state index in [9.17, 15) is 0 Å². The number of nitrogens with zero attached hydrogens (tertiary/aromatic N) is 2. The van der Waals surface area contributed by atoms with Crippen molar-refractivity contribution in [2.45, 2.75) is 13.1 Å². The number of benzene rings is 2. The fourth-order valence-corrected chi connectivity index (χ4v) is 2.71. The van der Waals surface area contributed by atoms with Gasteiger partial charge in [0.05, 0.1) is 5.02 Å². The summed E-state index contributed by atoms with van der Waals surface area (Å²) in [7, 11) is 6.18. The summed E-state index contributed by atoms with van der Waals surface area (Å²) in [5, 5.41) is 0.676. The number of para-hydroxylation sites is 1. The average molecular weight is 333 g/mol. The van der Waals surface area contributed by atoms with Gasteiger partial charge in [-0.1, -0.05) is 54.1 Å². The lowest BCUT2D eigenvalue weighted by Crippen LogP contribution is -2.24. The Kier molecular flexibility index (Phi) is 6.90. The fourth-order valence-electron chi connectivity index (χ4n) is 2.46. The Morgan fingerprint density at radius 1 is 0.913 bits per heavy atom. The highest BCUT2D eigenvalue weighted by Crippen LogP contribution is 2.29. The molecule has 0 bridgehead atoms. The second kappa shape index (κ2) is 8.92. The molecular weight excluding hydrogens is 308 g/mol. The molecule has 0 N–H and O–H groups in total. The Morgan fingerprint density at radius 2 is 1.65 bits per heavy atom. The standard InChI is InChI=1S/C19H25ClN2O/c1-21(2)15-17-10-7-11-18(20)19(17)23-13-12-22(3)14-16-8-5-4-6-9-16/h4-11H,12-15H2,1-3H3. The molecule has 0 aliphatic carbocycles. The maximum absolute atomic E-state index is 6.30. The number of ether oxygens (including phenoxy) is 1. The molecule has 0 aliphatic heterocycles. The van der Waals surface area contributed by atoms with Gasteiger partial charge in [-0.05, 0) is 32.8 Å². The van der Waals surface area contributed by atoms with Gasteiger partial charge in [0.25, 0.3) is 0 Å². The summed E-state index contributed by atoms with van der Waals surface area (Å²) in [6.45, 7) is 3.20. The number of rotatable bonds is 8. The van der Waals surface area contributed by atoms with Crippen molar-refractivity contribution in [2.75, 3.05) is 34.3 Å². The van der Waals surface area contributed by atoms with E-state index in [1.54, 1.807) is 0 Å². The molecule has 0 saturated heterocycles. The molecule has 124 valence electrons. The normalized spacial score (nSPS) is 11.2. The van der Waals surface area contributed by atoms with Gasteiger partial charge in [-0.3, -0.25) is 4.90 Å². The third kappa shape index (κ3) is 5.87. The molecule has 0 heterocycles. The van der Waals surface area contributed by atoms with Crippen LogP contribution in [0, 0.1) is 0 Å². The number of hydrogen-bond donors (Lipinski definition) is 0. The molecule has 0 saturated carbocycles. The maximum Gasteiger partial charge on any atom is 0.142 e. The van der Waals surface area contributed by atoms with Crippen molar-refractivity contribution in [1.82, 2.24) is 9.80 Å². The highest BCUT2D eigenvalue weighted by atomic mass is 35.5. The van der Waals surface area contributed by atoms with Gasteiger partial charge < -0.3 is 9.64 Å². The molecule has 23 heavy (non-hydrogen) atoms. The molecule has 2 aromatic carbocycles. The number of likely N-dealkylation sites (N-methyl/N-ethyl adjacent to an activating group) is 1. The van der Waals surface area contributed by atoms with Crippen molar-refractivity contribution in [2.24, 2.45) is 0 Å². The maximum atomic E-state index is 6.30. The van der Waals surface area contributed by atoms with E-state index in [1.807, 2.05) is 32.3 Å². The molecular formula is C19H25ClN2O. The van der Waals surface area contributed by atoms with Crippen LogP contribution in [0.2, 0.25) is 5.02 Å². The van der Waals surface area contributed by atoms with E-state index in [0.717, 1.165) is 30.9 Å². The van der Waals surface area contributed by atoms with Crippen molar-refractivity contribution in [1.29, 1.82) is 0 Å². The second-order valence-corrected chi connectivity index (χ2v) is 6.44. The van der Waals surface area contributed by atoms with Crippen LogP contribution in [0.1, 0.15) is 11.1 Å². The molecule has 4 heteroatoms. The first kappa shape index (κ1) is 17.8. The van der Waals surface area contributed by atoms with Crippen LogP contribution in [0.4, 0.5) is 0 Å². The van der Waals surface area contributed by atoms with E-state index < -0.39 is 0 Å². The van der Waals surface area contributed by atoms with E-state index >= 15 is 0 Å². The van der Waals surface area contributed by atoms with Crippen LogP contribution in [0.25, 0.3) is 0 Å². The fraction of sp³-hybridized carbons (Fsp3) is 0.368. The average Bonchev–Trinajstić information content (AvgIpc) is 2.50. The lowest BCUT2D eigenvalue weighted by atomic mass is 10.2. The number of hydrogen-bond acceptors (Lipinski definition) is 3. The van der Waals surface area contributed by atoms with Crippen LogP contribution in [0.15, 0.2) is 48.5 Å². The van der Waals surface area contributed by atoms with E-state index in [0.29, 0.717) is 11.6 Å². The molecule has 0 fully saturated rings. The first-order valence-corrected chi connectivity index (χ1v) is 8.21. The zero-order chi connectivity index (χ0) is 16.7. The first-order valence-electron chi connectivity index (χ1n) is 7.83. The molecule has 2 rings (SSSR count). The summed E-state index contributed by atoms with van der Waals surface area (Å²) in [4.78, 5) is 4.36. The Labute approximate surface area is 144 Å². The largest absolute Gasteiger partial charge is 0.490 e. The van der Waals surface area contributed by atoms with Crippen LogP contribution < -0.4 is 4.74 Å². The highest BCUT2D eigenvalue weighted by molar-refractivity contribution is 6.32. The second-order valence-electron chi connectivity index (χ2n) is 6.04. The Morgan fingerprint density at radius 3 is 2.35 bits per heavy atom. The quantitative estimate of drug-likeness (QED) is 0.729. The third-order valence-electron chi connectivity index (χ3n) is 3.55. The molecule has 0 aromatic heterocycles. The molecule has 0 aliphatic rings. The molecule has 0 atom stereocenters. The lowest BCUT2D eigenvalue weighted by Gasteiger charge is -2.19. The van der Waals surface area contributed by atoms with Gasteiger partial charge >= 0.3 is 0 Å². The summed E-state index contributed by atoms with van der Waals surface area (Å²) < 4.78 is 5.98. The van der Waals surface area contributed by atoms with Crippen LogP contribution in [0.5, 0.6) is 5.75 Å². The zero-order valence-electron chi connectivity index (χ0n) is 14.1. The minimum atomic E-state index is 0.619. The summed E-state index contributed by atoms with van der Waals surface area (Å²) in [6, 6.07) is 16.4. The predicted octanol–water partition coefficient (Wildman–Crippen LogP) is 3.91. The van der Waals surface area contributed by atoms with Crippen LogP contribution in [0.3, 0.4) is 0 Å². The van der Waals surface area contributed by atoms with E-state index in [2.05, 4.69) is 47.2 Å². The van der Waals surface area contributed by atoms with Crippen LogP contribution in [-0.2, 0) is 13.1 Å². The first-order chi connectivity index (χ1) is 11.1. The molecule has 0 spiro atoms. The third-order valence-corrected chi connectivity index (χ3v) is 3.85. The van der Waals surface area contributed by atoms with Crippen molar-refractivity contribution in [3.63, 3.8) is 0 Å². The molecule has 0 radical (unpaired) electrons. The Hall–Kier alpha value is -1.55. The summed E-state index contributed by atoms with van der Waals surface area (Å²) in [5.74, 6) is 0.802. The van der Waals surface area contributed by atoms with Gasteiger partial charge in [0.2, 0.25) is 0 Å². The Balaban J connectivity index is 1.88. The summed E-state index contributed by atoms with van der Waals surface area (Å²) in [5.41, 5.74) is 2.43. The Bertz CT molecular complexity index is 602. The monoisotopic (exact) mass is 332 g/mol. The van der Waals surface area contributed by atoms with Crippen molar-refractivity contribution < 1.29 is 4.74 Å². The minimum absolute atomic E-state index is 0.619. The summed E-state index contributed by atoms with van der Waals surface area (Å²) in [6.07, 6.45) is 0. The topological polar surface area (TPSA) is 15.7 Å². The van der Waals surface area contributed by atoms with Crippen molar-refractivity contribution >= 4 is 11.6 Å². The van der Waals surface area contributed by atoms with Crippen LogP contribution in [-0.4, -0.2) is 44.1 Å². The minimum Gasteiger partial charge on any atom is -0.490 e. The predicted molar refractivity (Wildman–Crippen MR) is 97.1 cm³/mol. The van der Waals surface area contributed by atoms with Gasteiger partial charge in [0.15, 0.2) is 0 Å². The van der Waals surface area contributed by atoms with E-state index in [1.165, 1.54) is 5.56 Å². The van der Waals surface area contributed by atoms with Gasteiger partial charge in [-0.15, -0.1) is 0 Å². The zero-order valence-corrected chi connectivity index (χ0v) is 14.9. The van der Waals surface area contributed by atoms with E-state index in [4.69, 9.17) is 16.3 Å². The van der Waals surface area contributed by atoms with Gasteiger partial charge in [-0.2, -0.15) is 0 Å². The van der Waals surface area contributed by atoms with E-state index in [-0.39, 0.29) is 0 Å². The highest BCUT2D eigenvalue weighted by Gasteiger charge is 2.10. The SMILES string of the molecule is CN(C)Cc1cccc(Cl)c1OCCN(C)Cc1ccccc1. The molecule has 0 amide bonds. The summed E-state index contributed by atoms with van der Waals surface area (Å²) >= 11 is 6.30. The van der Waals surface area contributed by atoms with Gasteiger partial charge in [-0.25, -0.2) is 0 Å². The molecule has 3 nitrogen and oxygen atoms in total. The van der Waals surface area contributed by atoms with Gasteiger partial charge in [0, 0.05) is 25.2 Å². The number of halogens is 1. The smallest absolute Gasteiger partial charge is 0.142 e. The lowest BCUT2D eigenvalue weighted by molar-refractivity contribution is 0.230. The molecule has 2 aromatic rings.